The van der Waals surface area contributed by atoms with Crippen molar-refractivity contribution in [3.8, 4) is 11.5 Å². The minimum absolute atomic E-state index is 0.00929. The summed E-state index contributed by atoms with van der Waals surface area (Å²) in [6.45, 7) is 0.942. The number of primary sulfonamides is 1. The van der Waals surface area contributed by atoms with Crippen LogP contribution in [0.5, 0.6) is 11.5 Å². The van der Waals surface area contributed by atoms with Crippen LogP contribution < -0.4 is 20.9 Å². The molecule has 0 bridgehead atoms. The van der Waals surface area contributed by atoms with E-state index < -0.39 is 10.0 Å². The zero-order chi connectivity index (χ0) is 23.3. The van der Waals surface area contributed by atoms with Gasteiger partial charge in [0, 0.05) is 23.7 Å². The summed E-state index contributed by atoms with van der Waals surface area (Å²) in [4.78, 5) is 0.796. The molecule has 0 aliphatic rings. The molecule has 5 N–H and O–H groups in total. The van der Waals surface area contributed by atoms with Gasteiger partial charge < -0.3 is 15.8 Å². The smallest absolute Gasteiger partial charge is 0.251 e. The standard InChI is InChI=1S/C25H25N3O3S2/c26-16-19-8-6-7-18(13-19)14-20-9-4-5-12-23(20)28-17-22-15-24(25(32-22)33(27,29)30)31-21-10-2-1-3-11-21/h1-13,15,28H,14,16-17,26H2,(H2,27,29,30). The lowest BCUT2D eigenvalue weighted by atomic mass is 10.0. The van der Waals surface area contributed by atoms with Gasteiger partial charge in [0.1, 0.15) is 5.75 Å². The van der Waals surface area contributed by atoms with Gasteiger partial charge in [-0.15, -0.1) is 11.3 Å². The number of benzene rings is 3. The Hall–Kier alpha value is -3.17. The highest BCUT2D eigenvalue weighted by molar-refractivity contribution is 7.91. The zero-order valence-electron chi connectivity index (χ0n) is 17.9. The van der Waals surface area contributed by atoms with Crippen molar-refractivity contribution in [2.45, 2.75) is 23.7 Å². The summed E-state index contributed by atoms with van der Waals surface area (Å²) in [5.74, 6) is 0.780. The predicted octanol–water partition coefficient (Wildman–Crippen LogP) is 4.85. The molecule has 0 amide bonds. The quantitative estimate of drug-likeness (QED) is 0.318. The second kappa shape index (κ2) is 10.2. The summed E-state index contributed by atoms with van der Waals surface area (Å²) in [7, 11) is -3.92. The van der Waals surface area contributed by atoms with Gasteiger partial charge in [0.2, 0.25) is 0 Å². The van der Waals surface area contributed by atoms with E-state index in [-0.39, 0.29) is 9.96 Å². The third kappa shape index (κ3) is 6.00. The number of sulfonamides is 1. The van der Waals surface area contributed by atoms with Crippen molar-refractivity contribution in [2.24, 2.45) is 10.9 Å². The number of nitrogens with one attached hydrogen (secondary N) is 1. The van der Waals surface area contributed by atoms with Crippen LogP contribution in [-0.4, -0.2) is 8.42 Å². The largest absolute Gasteiger partial charge is 0.455 e. The maximum atomic E-state index is 12.1. The normalized spacial score (nSPS) is 11.3. The van der Waals surface area contributed by atoms with Crippen LogP contribution in [0.1, 0.15) is 21.6 Å². The third-order valence-corrected chi connectivity index (χ3v) is 7.61. The topological polar surface area (TPSA) is 107 Å². The molecule has 1 heterocycles. The van der Waals surface area contributed by atoms with Gasteiger partial charge in [0.15, 0.2) is 9.96 Å². The molecule has 4 rings (SSSR count). The molecule has 0 atom stereocenters. The van der Waals surface area contributed by atoms with Gasteiger partial charge in [-0.2, -0.15) is 0 Å². The van der Waals surface area contributed by atoms with Gasteiger partial charge in [-0.05, 0) is 47.4 Å². The van der Waals surface area contributed by atoms with Crippen LogP contribution in [0.2, 0.25) is 0 Å². The Kier molecular flexibility index (Phi) is 7.10. The van der Waals surface area contributed by atoms with Gasteiger partial charge in [-0.25, -0.2) is 13.6 Å². The van der Waals surface area contributed by atoms with Gasteiger partial charge in [-0.1, -0.05) is 60.7 Å². The first-order valence-corrected chi connectivity index (χ1v) is 12.8. The Morgan fingerprint density at radius 3 is 2.36 bits per heavy atom. The Morgan fingerprint density at radius 1 is 0.879 bits per heavy atom. The molecule has 0 radical (unpaired) electrons. The molecule has 0 aliphatic carbocycles. The number of thiophene rings is 1. The van der Waals surface area contributed by atoms with Crippen molar-refractivity contribution in [3.63, 3.8) is 0 Å². The molecule has 0 unspecified atom stereocenters. The SMILES string of the molecule is NCc1cccc(Cc2ccccc2NCc2cc(Oc3ccccc3)c(S(N)(=O)=O)s2)c1. The van der Waals surface area contributed by atoms with Crippen molar-refractivity contribution in [1.29, 1.82) is 0 Å². The summed E-state index contributed by atoms with van der Waals surface area (Å²) in [6.07, 6.45) is 0.756. The van der Waals surface area contributed by atoms with E-state index in [4.69, 9.17) is 15.6 Å². The van der Waals surface area contributed by atoms with E-state index in [2.05, 4.69) is 23.5 Å². The Balaban J connectivity index is 1.53. The molecular weight excluding hydrogens is 454 g/mol. The molecule has 3 aromatic carbocycles. The van der Waals surface area contributed by atoms with E-state index in [9.17, 15) is 8.42 Å². The number of hydrogen-bond donors (Lipinski definition) is 3. The molecule has 170 valence electrons. The lowest BCUT2D eigenvalue weighted by Gasteiger charge is -2.12. The van der Waals surface area contributed by atoms with E-state index in [1.807, 2.05) is 48.5 Å². The first-order chi connectivity index (χ1) is 15.9. The van der Waals surface area contributed by atoms with Crippen molar-refractivity contribution < 1.29 is 13.2 Å². The number of para-hydroxylation sites is 2. The number of rotatable bonds is 9. The maximum absolute atomic E-state index is 12.1. The molecule has 0 aliphatic heterocycles. The number of ether oxygens (including phenoxy) is 1. The van der Waals surface area contributed by atoms with Crippen LogP contribution in [-0.2, 0) is 29.5 Å². The predicted molar refractivity (Wildman–Crippen MR) is 133 cm³/mol. The summed E-state index contributed by atoms with van der Waals surface area (Å²) < 4.78 is 30.1. The van der Waals surface area contributed by atoms with E-state index in [1.54, 1.807) is 18.2 Å². The first kappa shape index (κ1) is 23.0. The minimum Gasteiger partial charge on any atom is -0.455 e. The lowest BCUT2D eigenvalue weighted by Crippen LogP contribution is -2.11. The summed E-state index contributed by atoms with van der Waals surface area (Å²) in [5, 5.41) is 8.87. The Morgan fingerprint density at radius 2 is 1.61 bits per heavy atom. The second-order valence-corrected chi connectivity index (χ2v) is 10.4. The summed E-state index contributed by atoms with van der Waals surface area (Å²) in [5.41, 5.74) is 10.2. The zero-order valence-corrected chi connectivity index (χ0v) is 19.5. The number of hydrogen-bond acceptors (Lipinski definition) is 6. The van der Waals surface area contributed by atoms with Crippen molar-refractivity contribution in [1.82, 2.24) is 0 Å². The van der Waals surface area contributed by atoms with E-state index in [0.29, 0.717) is 18.8 Å². The molecule has 1 aromatic heterocycles. The molecular formula is C25H25N3O3S2. The first-order valence-electron chi connectivity index (χ1n) is 10.4. The molecule has 33 heavy (non-hydrogen) atoms. The fraction of sp³-hybridized carbons (Fsp3) is 0.120. The van der Waals surface area contributed by atoms with E-state index in [0.717, 1.165) is 39.4 Å². The van der Waals surface area contributed by atoms with E-state index >= 15 is 0 Å². The Bertz CT molecular complexity index is 1340. The lowest BCUT2D eigenvalue weighted by molar-refractivity contribution is 0.472. The highest BCUT2D eigenvalue weighted by Crippen LogP contribution is 2.36. The van der Waals surface area contributed by atoms with Crippen LogP contribution in [0.4, 0.5) is 5.69 Å². The van der Waals surface area contributed by atoms with Gasteiger partial charge in [0.05, 0.1) is 0 Å². The van der Waals surface area contributed by atoms with Crippen LogP contribution in [0.25, 0.3) is 0 Å². The highest BCUT2D eigenvalue weighted by Gasteiger charge is 2.21. The van der Waals surface area contributed by atoms with Crippen LogP contribution in [0, 0.1) is 0 Å². The van der Waals surface area contributed by atoms with Crippen molar-refractivity contribution in [3.05, 3.63) is 106 Å². The fourth-order valence-electron chi connectivity index (χ4n) is 3.49. The summed E-state index contributed by atoms with van der Waals surface area (Å²) >= 11 is 1.11. The number of anilines is 1. The molecule has 4 aromatic rings. The van der Waals surface area contributed by atoms with Crippen LogP contribution in [0.3, 0.4) is 0 Å². The van der Waals surface area contributed by atoms with Gasteiger partial charge in [-0.3, -0.25) is 0 Å². The fourth-order valence-corrected chi connectivity index (χ4v) is 5.41. The summed E-state index contributed by atoms with van der Waals surface area (Å²) in [6, 6.07) is 27.0. The molecule has 0 saturated heterocycles. The monoisotopic (exact) mass is 479 g/mol. The number of nitrogens with two attached hydrogens (primary N) is 2. The van der Waals surface area contributed by atoms with Gasteiger partial charge in [0.25, 0.3) is 10.0 Å². The van der Waals surface area contributed by atoms with E-state index in [1.165, 1.54) is 5.56 Å². The third-order valence-electron chi connectivity index (χ3n) is 5.04. The molecule has 8 heteroatoms. The van der Waals surface area contributed by atoms with Gasteiger partial charge >= 0.3 is 0 Å². The minimum atomic E-state index is -3.92. The average molecular weight is 480 g/mol. The molecule has 0 spiro atoms. The van der Waals surface area contributed by atoms with Crippen LogP contribution in [0.15, 0.2) is 89.1 Å². The Labute approximate surface area is 197 Å². The average Bonchev–Trinajstić information content (AvgIpc) is 3.22. The molecule has 0 fully saturated rings. The molecule has 0 saturated carbocycles. The van der Waals surface area contributed by atoms with Crippen molar-refractivity contribution in [2.75, 3.05) is 5.32 Å². The van der Waals surface area contributed by atoms with Crippen LogP contribution >= 0.6 is 11.3 Å². The second-order valence-electron chi connectivity index (χ2n) is 7.54. The van der Waals surface area contributed by atoms with Crippen molar-refractivity contribution >= 4 is 27.0 Å². The molecule has 6 nitrogen and oxygen atoms in total. The maximum Gasteiger partial charge on any atom is 0.251 e. The highest BCUT2D eigenvalue weighted by atomic mass is 32.2.